The van der Waals surface area contributed by atoms with Crippen LogP contribution in [0.4, 0.5) is 15.8 Å². The van der Waals surface area contributed by atoms with E-state index in [1.807, 2.05) is 13.8 Å². The van der Waals surface area contributed by atoms with Crippen LogP contribution in [0, 0.1) is 19.7 Å². The molecule has 17 heteroatoms. The van der Waals surface area contributed by atoms with Crippen LogP contribution in [-0.2, 0) is 19.2 Å². The van der Waals surface area contributed by atoms with E-state index in [9.17, 15) is 38.0 Å². The van der Waals surface area contributed by atoms with Crippen molar-refractivity contribution in [3.8, 4) is 0 Å². The van der Waals surface area contributed by atoms with Crippen LogP contribution in [0.25, 0.3) is 11.6 Å². The summed E-state index contributed by atoms with van der Waals surface area (Å²) >= 11 is 0. The number of piperazine rings is 1. The number of piperidine rings is 1. The first-order valence-corrected chi connectivity index (χ1v) is 21.0. The molecule has 2 saturated heterocycles. The van der Waals surface area contributed by atoms with Crippen LogP contribution in [0.5, 0.6) is 0 Å². The number of halogens is 1. The second-order valence-electron chi connectivity index (χ2n) is 16.0. The van der Waals surface area contributed by atoms with E-state index in [0.717, 1.165) is 69.7 Å². The molecule has 2 fully saturated rings. The average molecular weight is 838 g/mol. The Bertz CT molecular complexity index is 2280. The first-order valence-electron chi connectivity index (χ1n) is 21.0. The van der Waals surface area contributed by atoms with Gasteiger partial charge in [-0.05, 0) is 88.0 Å². The van der Waals surface area contributed by atoms with Gasteiger partial charge in [-0.1, -0.05) is 18.9 Å². The Kier molecular flexibility index (Phi) is 13.4. The number of amides is 7. The lowest BCUT2D eigenvalue weighted by molar-refractivity contribution is -0.136. The smallest absolute Gasteiger partial charge is 0.264 e. The Morgan fingerprint density at radius 1 is 0.836 bits per heavy atom. The van der Waals surface area contributed by atoms with Gasteiger partial charge in [0.1, 0.15) is 11.9 Å². The third-order valence-corrected chi connectivity index (χ3v) is 11.7. The predicted molar refractivity (Wildman–Crippen MR) is 226 cm³/mol. The lowest BCUT2D eigenvalue weighted by Crippen LogP contribution is -2.54. The van der Waals surface area contributed by atoms with Gasteiger partial charge in [0.15, 0.2) is 0 Å². The first-order chi connectivity index (χ1) is 29.4. The van der Waals surface area contributed by atoms with E-state index >= 15 is 0 Å². The molecule has 0 spiro atoms. The van der Waals surface area contributed by atoms with Gasteiger partial charge < -0.3 is 31.2 Å². The minimum absolute atomic E-state index is 0.00115. The number of H-pyrrole nitrogens is 1. The molecule has 5 heterocycles. The largest absolute Gasteiger partial charge is 0.384 e. The second kappa shape index (κ2) is 19.0. The zero-order chi connectivity index (χ0) is 43.2. The summed E-state index contributed by atoms with van der Waals surface area (Å²) in [7, 11) is 0. The molecule has 4 aliphatic rings. The number of rotatable bonds is 17. The molecular weight excluding hydrogens is 786 g/mol. The summed E-state index contributed by atoms with van der Waals surface area (Å²) < 4.78 is 13.9. The minimum atomic E-state index is -1.01. The number of carbonyl (C=O) groups is 7. The molecule has 0 aliphatic carbocycles. The first kappa shape index (κ1) is 42.9. The maximum Gasteiger partial charge on any atom is 0.264 e. The lowest BCUT2D eigenvalue weighted by Gasteiger charge is -2.34. The summed E-state index contributed by atoms with van der Waals surface area (Å²) in [5, 5.41) is 14.3. The summed E-state index contributed by atoms with van der Waals surface area (Å²) in [6.45, 7) is 9.69. The highest BCUT2D eigenvalue weighted by Crippen LogP contribution is 2.35. The van der Waals surface area contributed by atoms with Gasteiger partial charge in [-0.15, -0.1) is 0 Å². The van der Waals surface area contributed by atoms with Gasteiger partial charge in [-0.25, -0.2) is 4.39 Å². The van der Waals surface area contributed by atoms with Crippen molar-refractivity contribution in [2.45, 2.75) is 64.8 Å². The van der Waals surface area contributed by atoms with Crippen LogP contribution in [0.15, 0.2) is 36.4 Å². The number of aromatic nitrogens is 1. The summed E-state index contributed by atoms with van der Waals surface area (Å²) in [6.07, 6.45) is 6.08. The number of aromatic amines is 1. The number of hydrogen-bond acceptors (Lipinski definition) is 10. The van der Waals surface area contributed by atoms with Crippen molar-refractivity contribution in [3.05, 3.63) is 81.4 Å². The molecule has 3 aromatic rings. The van der Waals surface area contributed by atoms with Crippen LogP contribution in [-0.4, -0.2) is 126 Å². The van der Waals surface area contributed by atoms with Crippen molar-refractivity contribution in [2.75, 3.05) is 69.5 Å². The maximum atomic E-state index is 13.9. The predicted octanol–water partition coefficient (Wildman–Crippen LogP) is 3.19. The number of nitrogens with one attached hydrogen (secondary N) is 6. The Hall–Kier alpha value is -6.20. The van der Waals surface area contributed by atoms with Gasteiger partial charge in [0.05, 0.1) is 28.8 Å². The van der Waals surface area contributed by atoms with Crippen LogP contribution < -0.4 is 26.6 Å². The number of anilines is 2. The Labute approximate surface area is 353 Å². The molecular formula is C44H52FN9O7. The number of nitrogens with zero attached hydrogens (tertiary/aromatic N) is 3. The Morgan fingerprint density at radius 3 is 2.34 bits per heavy atom. The molecule has 16 nitrogen and oxygen atoms in total. The van der Waals surface area contributed by atoms with E-state index in [4.69, 9.17) is 0 Å². The van der Waals surface area contributed by atoms with Crippen LogP contribution in [0.1, 0.15) is 98.5 Å². The topological polar surface area (TPSA) is 205 Å². The molecule has 7 amide bonds. The van der Waals surface area contributed by atoms with E-state index in [2.05, 4.69) is 41.4 Å². The fraction of sp³-hybridized carbons (Fsp3) is 0.432. The van der Waals surface area contributed by atoms with E-state index in [0.29, 0.717) is 71.2 Å². The van der Waals surface area contributed by atoms with Crippen molar-refractivity contribution >= 4 is 64.4 Å². The molecule has 4 aliphatic heterocycles. The number of fused-ring (bicyclic) bond motifs is 2. The number of imide groups is 2. The standard InChI is InChI=1S/C44H52FN9O7/c1-26-34(24-31-30-23-28(45)11-12-32(30)50-40(31)57)49-27(2)38(26)42(59)48-17-8-18-52-19-21-53(22-20-52)25-37(56)47-16-6-4-3-5-15-46-33-10-7-9-29-39(33)44(61)54(43(29)60)35-13-14-36(55)51-41(35)58/h7,9-12,23-24,35,46,49H,3-6,8,13-22,25H2,1-2H3,(H,47,56)(H,48,59)(H,50,57)(H,51,55,58)/b31-24-. The van der Waals surface area contributed by atoms with Crippen molar-refractivity contribution in [3.63, 3.8) is 0 Å². The molecule has 6 N–H and O–H groups in total. The minimum Gasteiger partial charge on any atom is -0.384 e. The third kappa shape index (κ3) is 9.73. The van der Waals surface area contributed by atoms with E-state index in [1.165, 1.54) is 18.2 Å². The molecule has 1 unspecified atom stereocenters. The Balaban J connectivity index is 0.739. The third-order valence-electron chi connectivity index (χ3n) is 11.7. The molecule has 1 aromatic heterocycles. The highest BCUT2D eigenvalue weighted by Gasteiger charge is 2.45. The molecule has 0 saturated carbocycles. The summed E-state index contributed by atoms with van der Waals surface area (Å²) in [5.74, 6) is -3.08. The number of benzene rings is 2. The zero-order valence-corrected chi connectivity index (χ0v) is 34.5. The lowest BCUT2D eigenvalue weighted by atomic mass is 10.0. The van der Waals surface area contributed by atoms with Crippen molar-refractivity contribution in [1.82, 2.24) is 35.6 Å². The van der Waals surface area contributed by atoms with E-state index in [1.54, 1.807) is 24.3 Å². The highest BCUT2D eigenvalue weighted by molar-refractivity contribution is 6.35. The molecule has 322 valence electrons. The monoisotopic (exact) mass is 837 g/mol. The number of carbonyl (C=O) groups excluding carboxylic acids is 7. The second-order valence-corrected chi connectivity index (χ2v) is 16.0. The van der Waals surface area contributed by atoms with Crippen molar-refractivity contribution in [2.24, 2.45) is 0 Å². The van der Waals surface area contributed by atoms with Crippen molar-refractivity contribution in [1.29, 1.82) is 0 Å². The molecule has 2 aromatic carbocycles. The van der Waals surface area contributed by atoms with Crippen LogP contribution >= 0.6 is 0 Å². The summed E-state index contributed by atoms with van der Waals surface area (Å²) in [6, 6.07) is 8.16. The highest BCUT2D eigenvalue weighted by atomic mass is 19.1. The molecule has 0 bridgehead atoms. The van der Waals surface area contributed by atoms with Crippen molar-refractivity contribution < 1.29 is 38.0 Å². The van der Waals surface area contributed by atoms with E-state index < -0.39 is 35.5 Å². The summed E-state index contributed by atoms with van der Waals surface area (Å²) in [4.78, 5) is 97.4. The number of unbranched alkanes of at least 4 members (excludes halogenated alkanes) is 3. The number of aryl methyl sites for hydroxylation is 1. The van der Waals surface area contributed by atoms with Gasteiger partial charge >= 0.3 is 0 Å². The van der Waals surface area contributed by atoms with Gasteiger partial charge in [0, 0.05) is 80.6 Å². The quantitative estimate of drug-likeness (QED) is 0.0666. The fourth-order valence-corrected chi connectivity index (χ4v) is 8.45. The van der Waals surface area contributed by atoms with Gasteiger partial charge in [-0.2, -0.15) is 0 Å². The zero-order valence-electron chi connectivity index (χ0n) is 34.5. The maximum absolute atomic E-state index is 13.9. The number of hydrogen-bond donors (Lipinski definition) is 6. The van der Waals surface area contributed by atoms with E-state index in [-0.39, 0.29) is 41.7 Å². The molecule has 7 rings (SSSR count). The normalized spacial score (nSPS) is 18.6. The van der Waals surface area contributed by atoms with Crippen LogP contribution in [0.2, 0.25) is 0 Å². The SMILES string of the molecule is Cc1[nH]c(/C=C2\C(=O)Nc3ccc(F)cc32)c(C)c1C(=O)NCCCN1CCN(CC(=O)NCCCCCCNc2cccc3c2C(=O)N(C2CCC(=O)NC2=O)C3=O)CC1. The Morgan fingerprint density at radius 2 is 1.57 bits per heavy atom. The molecule has 61 heavy (non-hydrogen) atoms. The van der Waals surface area contributed by atoms with Crippen LogP contribution in [0.3, 0.4) is 0 Å². The average Bonchev–Trinajstić information content (AvgIpc) is 3.80. The molecule has 1 atom stereocenters. The molecule has 0 radical (unpaired) electrons. The summed E-state index contributed by atoms with van der Waals surface area (Å²) in [5.41, 5.74) is 4.94. The fourth-order valence-electron chi connectivity index (χ4n) is 8.45. The van der Waals surface area contributed by atoms with Gasteiger partial charge in [0.2, 0.25) is 17.7 Å². The van der Waals surface area contributed by atoms with Gasteiger partial charge in [-0.3, -0.25) is 48.7 Å². The van der Waals surface area contributed by atoms with Gasteiger partial charge in [0.25, 0.3) is 23.6 Å².